The minimum atomic E-state index is 0.0782. The molecule has 3 heterocycles. The summed E-state index contributed by atoms with van der Waals surface area (Å²) in [7, 11) is 0. The van der Waals surface area contributed by atoms with E-state index in [0.29, 0.717) is 17.8 Å². The average Bonchev–Trinajstić information content (AvgIpc) is 3.61. The number of hydrogen-bond donors (Lipinski definition) is 0. The highest BCUT2D eigenvalue weighted by molar-refractivity contribution is 6.09. The molecule has 54 heavy (non-hydrogen) atoms. The fourth-order valence-electron chi connectivity index (χ4n) is 8.98. The molecule has 2 atom stereocenters. The summed E-state index contributed by atoms with van der Waals surface area (Å²) in [5.41, 5.74) is 11.3. The normalized spacial score (nSPS) is 16.8. The third-order valence-electron chi connectivity index (χ3n) is 11.8. The molecule has 0 fully saturated rings. The van der Waals surface area contributed by atoms with Crippen LogP contribution in [0.4, 0.5) is 0 Å². The van der Waals surface area contributed by atoms with Crippen molar-refractivity contribution in [1.29, 1.82) is 0 Å². The Hall–Kier alpha value is -4.64. The van der Waals surface area contributed by atoms with Crippen molar-refractivity contribution in [2.24, 2.45) is 16.7 Å². The molecule has 0 saturated carbocycles. The number of aromatic nitrogens is 4. The lowest BCUT2D eigenvalue weighted by Crippen LogP contribution is -2.34. The van der Waals surface area contributed by atoms with Crippen LogP contribution in [0.1, 0.15) is 128 Å². The number of allylic oxidation sites excluding steroid dienone is 2. The third-order valence-corrected chi connectivity index (χ3v) is 11.8. The van der Waals surface area contributed by atoms with Crippen LogP contribution in [0.3, 0.4) is 0 Å². The quantitative estimate of drug-likeness (QED) is 0.140. The highest BCUT2D eigenvalue weighted by Gasteiger charge is 2.42. The summed E-state index contributed by atoms with van der Waals surface area (Å²) in [4.78, 5) is 4.88. The van der Waals surface area contributed by atoms with Crippen LogP contribution in [-0.4, -0.2) is 19.3 Å². The molecule has 282 valence electrons. The van der Waals surface area contributed by atoms with Crippen LogP contribution in [0, 0.1) is 30.6 Å². The Morgan fingerprint density at radius 2 is 1.61 bits per heavy atom. The predicted octanol–water partition coefficient (Wildman–Crippen LogP) is 13.8. The van der Waals surface area contributed by atoms with Crippen molar-refractivity contribution in [2.45, 2.75) is 120 Å². The average molecular weight is 721 g/mol. The summed E-state index contributed by atoms with van der Waals surface area (Å²) in [6, 6.07) is 26.1. The number of fused-ring (bicyclic) bond motifs is 3. The molecule has 0 spiro atoms. The van der Waals surface area contributed by atoms with Crippen LogP contribution in [0.2, 0.25) is 0 Å². The predicted molar refractivity (Wildman–Crippen MR) is 227 cm³/mol. The maximum atomic E-state index is 6.84. The molecule has 1 aliphatic rings. The Bertz CT molecular complexity index is 2340. The topological polar surface area (TPSA) is 44.9 Å². The van der Waals surface area contributed by atoms with E-state index >= 15 is 0 Å². The molecule has 5 nitrogen and oxygen atoms in total. The molecule has 0 N–H and O–H groups in total. The van der Waals surface area contributed by atoms with E-state index in [1.165, 1.54) is 46.0 Å². The molecule has 0 aliphatic heterocycles. The number of aryl methyl sites for hydroxylation is 2. The van der Waals surface area contributed by atoms with E-state index in [0.717, 1.165) is 59.0 Å². The van der Waals surface area contributed by atoms with Gasteiger partial charge in [0.05, 0.1) is 22.4 Å². The SMILES string of the molecule is CCCCc1ccnc(-n2c3ccccc3c3ccc(Oc4cc(C(C)C)cc(-n5nc(C)c(C6C(C(C)(C)C)=CCC[C@@H]6C(C)(C)C)c5C)c4)cc32)c1. The molecule has 1 aliphatic carbocycles. The van der Waals surface area contributed by atoms with Gasteiger partial charge in [-0.05, 0) is 116 Å². The van der Waals surface area contributed by atoms with Crippen molar-refractivity contribution in [2.75, 3.05) is 0 Å². The van der Waals surface area contributed by atoms with E-state index < -0.39 is 0 Å². The molecule has 0 radical (unpaired) electrons. The zero-order valence-electron chi connectivity index (χ0n) is 34.5. The van der Waals surface area contributed by atoms with Crippen molar-refractivity contribution < 1.29 is 4.74 Å². The molecule has 1 unspecified atom stereocenters. The standard InChI is InChI=1S/C49H60N4O/c1-12-13-17-34-24-25-50-45(26-34)52-43-21-15-14-18-39(43)40-23-22-37(30-44(40)52)54-38-28-35(31(2)3)27-36(29-38)53-33(5)46(32(4)51-53)47-41(48(6,7)8)19-16-20-42(47)49(9,10)11/h14-15,18-19,21-31,42,47H,12-13,16-17,20H2,1-11H3/t42-,47?/m0/s1. The minimum Gasteiger partial charge on any atom is -0.457 e. The summed E-state index contributed by atoms with van der Waals surface area (Å²) >= 11 is 0. The number of unbranched alkanes of at least 4 members (excludes halogenated alkanes) is 1. The first kappa shape index (κ1) is 37.7. The van der Waals surface area contributed by atoms with Gasteiger partial charge in [-0.2, -0.15) is 5.10 Å². The summed E-state index contributed by atoms with van der Waals surface area (Å²) in [6.07, 6.45) is 10.2. The molecular formula is C49H60N4O. The van der Waals surface area contributed by atoms with Gasteiger partial charge >= 0.3 is 0 Å². The van der Waals surface area contributed by atoms with Gasteiger partial charge in [0.25, 0.3) is 0 Å². The lowest BCUT2D eigenvalue weighted by molar-refractivity contribution is 0.180. The molecular weight excluding hydrogens is 661 g/mol. The van der Waals surface area contributed by atoms with Gasteiger partial charge in [-0.15, -0.1) is 0 Å². The third kappa shape index (κ3) is 7.14. The summed E-state index contributed by atoms with van der Waals surface area (Å²) in [6.45, 7) is 25.6. The van der Waals surface area contributed by atoms with Gasteiger partial charge in [-0.25, -0.2) is 9.67 Å². The first-order valence-corrected chi connectivity index (χ1v) is 20.2. The van der Waals surface area contributed by atoms with E-state index in [4.69, 9.17) is 14.8 Å². The van der Waals surface area contributed by atoms with Gasteiger partial charge in [0.15, 0.2) is 0 Å². The molecule has 3 aromatic carbocycles. The lowest BCUT2D eigenvalue weighted by Gasteiger charge is -2.45. The first-order chi connectivity index (χ1) is 25.7. The van der Waals surface area contributed by atoms with E-state index in [-0.39, 0.29) is 10.8 Å². The number of rotatable bonds is 9. The van der Waals surface area contributed by atoms with E-state index in [2.05, 4.69) is 164 Å². The van der Waals surface area contributed by atoms with Crippen molar-refractivity contribution in [1.82, 2.24) is 19.3 Å². The van der Waals surface area contributed by atoms with E-state index in [1.54, 1.807) is 5.57 Å². The summed E-state index contributed by atoms with van der Waals surface area (Å²) in [5.74, 6) is 3.73. The Morgan fingerprint density at radius 1 is 0.852 bits per heavy atom. The van der Waals surface area contributed by atoms with Gasteiger partial charge in [0, 0.05) is 46.3 Å². The number of para-hydroxylation sites is 1. The van der Waals surface area contributed by atoms with Crippen molar-refractivity contribution in [3.05, 3.63) is 119 Å². The van der Waals surface area contributed by atoms with Crippen LogP contribution < -0.4 is 4.74 Å². The molecule has 0 saturated heterocycles. The Labute approximate surface area is 323 Å². The van der Waals surface area contributed by atoms with Gasteiger partial charge in [0.2, 0.25) is 0 Å². The maximum Gasteiger partial charge on any atom is 0.137 e. The largest absolute Gasteiger partial charge is 0.457 e. The monoisotopic (exact) mass is 720 g/mol. The number of benzene rings is 3. The van der Waals surface area contributed by atoms with Gasteiger partial charge < -0.3 is 4.74 Å². The number of ether oxygens (including phenoxy) is 1. The zero-order chi connectivity index (χ0) is 38.5. The second-order valence-electron chi connectivity index (χ2n) is 18.1. The fourth-order valence-corrected chi connectivity index (χ4v) is 8.98. The lowest BCUT2D eigenvalue weighted by atomic mass is 9.59. The Kier molecular flexibility index (Phi) is 10.1. The fraction of sp³-hybridized carbons (Fsp3) is 0.429. The molecule has 0 bridgehead atoms. The highest BCUT2D eigenvalue weighted by atomic mass is 16.5. The Balaban J connectivity index is 1.32. The van der Waals surface area contributed by atoms with Crippen molar-refractivity contribution >= 4 is 21.8 Å². The molecule has 5 heteroatoms. The van der Waals surface area contributed by atoms with Crippen LogP contribution in [0.5, 0.6) is 11.5 Å². The molecule has 3 aromatic heterocycles. The molecule has 6 aromatic rings. The Morgan fingerprint density at radius 3 is 2.33 bits per heavy atom. The van der Waals surface area contributed by atoms with Crippen molar-refractivity contribution in [3.63, 3.8) is 0 Å². The van der Waals surface area contributed by atoms with Gasteiger partial charge in [0.1, 0.15) is 17.3 Å². The number of pyridine rings is 1. The summed E-state index contributed by atoms with van der Waals surface area (Å²) in [5, 5.41) is 7.69. The number of hydrogen-bond acceptors (Lipinski definition) is 3. The van der Waals surface area contributed by atoms with Crippen LogP contribution >= 0.6 is 0 Å². The van der Waals surface area contributed by atoms with Crippen LogP contribution in [0.15, 0.2) is 90.6 Å². The highest BCUT2D eigenvalue weighted by Crippen LogP contribution is 2.53. The smallest absolute Gasteiger partial charge is 0.137 e. The minimum absolute atomic E-state index is 0.0782. The number of nitrogens with zero attached hydrogens (tertiary/aromatic N) is 4. The zero-order valence-corrected chi connectivity index (χ0v) is 34.5. The molecule has 7 rings (SSSR count). The summed E-state index contributed by atoms with van der Waals surface area (Å²) < 4.78 is 11.3. The second-order valence-corrected chi connectivity index (χ2v) is 18.1. The van der Waals surface area contributed by atoms with Crippen LogP contribution in [-0.2, 0) is 6.42 Å². The molecule has 0 amide bonds. The maximum absolute atomic E-state index is 6.84. The first-order valence-electron chi connectivity index (χ1n) is 20.2. The van der Waals surface area contributed by atoms with Crippen LogP contribution in [0.25, 0.3) is 33.3 Å². The van der Waals surface area contributed by atoms with E-state index in [9.17, 15) is 0 Å². The van der Waals surface area contributed by atoms with Crippen molar-refractivity contribution in [3.8, 4) is 23.0 Å². The second kappa shape index (κ2) is 14.5. The van der Waals surface area contributed by atoms with Gasteiger partial charge in [-0.3, -0.25) is 4.57 Å². The van der Waals surface area contributed by atoms with Gasteiger partial charge in [-0.1, -0.05) is 98.6 Å². The van der Waals surface area contributed by atoms with E-state index in [1.807, 2.05) is 6.20 Å².